The van der Waals surface area contributed by atoms with Crippen LogP contribution < -0.4 is 4.72 Å². The van der Waals surface area contributed by atoms with Gasteiger partial charge in [0, 0.05) is 12.6 Å². The second-order valence-corrected chi connectivity index (χ2v) is 6.93. The van der Waals surface area contributed by atoms with Crippen molar-refractivity contribution in [2.75, 3.05) is 6.61 Å². The summed E-state index contributed by atoms with van der Waals surface area (Å²) in [7, 11) is -3.42. The molecular formula is C14H21NO3S. The maximum atomic E-state index is 12.2. The molecule has 1 aromatic rings. The van der Waals surface area contributed by atoms with Gasteiger partial charge in [0.05, 0.1) is 4.90 Å². The molecule has 0 amide bonds. The lowest BCUT2D eigenvalue weighted by Gasteiger charge is -2.31. The maximum absolute atomic E-state index is 12.2. The number of rotatable bonds is 6. The first-order chi connectivity index (χ1) is 9.03. The van der Waals surface area contributed by atoms with Crippen molar-refractivity contribution in [3.8, 4) is 0 Å². The maximum Gasteiger partial charge on any atom is 0.240 e. The van der Waals surface area contributed by atoms with Crippen LogP contribution in [-0.4, -0.2) is 26.2 Å². The third-order valence-electron chi connectivity index (χ3n) is 3.83. The van der Waals surface area contributed by atoms with Crippen LogP contribution in [0.25, 0.3) is 0 Å². The highest BCUT2D eigenvalue weighted by Crippen LogP contribution is 2.30. The van der Waals surface area contributed by atoms with Crippen LogP contribution in [-0.2, 0) is 16.4 Å². The monoisotopic (exact) mass is 283 g/mol. The smallest absolute Gasteiger partial charge is 0.240 e. The topological polar surface area (TPSA) is 66.4 Å². The number of hydrogen-bond acceptors (Lipinski definition) is 3. The summed E-state index contributed by atoms with van der Waals surface area (Å²) in [4.78, 5) is 0.292. The highest BCUT2D eigenvalue weighted by Gasteiger charge is 2.27. The van der Waals surface area contributed by atoms with Crippen LogP contribution in [0.15, 0.2) is 29.2 Å². The Morgan fingerprint density at radius 3 is 2.42 bits per heavy atom. The van der Waals surface area contributed by atoms with E-state index in [0.717, 1.165) is 18.4 Å². The van der Waals surface area contributed by atoms with Gasteiger partial charge in [-0.3, -0.25) is 0 Å². The van der Waals surface area contributed by atoms with Gasteiger partial charge in [-0.2, -0.15) is 0 Å². The Bertz CT molecular complexity index is 506. The Kier molecular flexibility index (Phi) is 4.60. The van der Waals surface area contributed by atoms with Crippen LogP contribution in [0.1, 0.15) is 31.7 Å². The van der Waals surface area contributed by atoms with Gasteiger partial charge >= 0.3 is 0 Å². The molecule has 0 spiro atoms. The van der Waals surface area contributed by atoms with E-state index in [1.807, 2.05) is 6.92 Å². The summed E-state index contributed by atoms with van der Waals surface area (Å²) >= 11 is 0. The van der Waals surface area contributed by atoms with Crippen molar-refractivity contribution in [1.82, 2.24) is 4.72 Å². The lowest BCUT2D eigenvalue weighted by Crippen LogP contribution is -2.40. The fraction of sp³-hybridized carbons (Fsp3) is 0.571. The lowest BCUT2D eigenvalue weighted by molar-refractivity contribution is 0.260. The van der Waals surface area contributed by atoms with Crippen molar-refractivity contribution in [3.63, 3.8) is 0 Å². The number of hydrogen-bond donors (Lipinski definition) is 2. The minimum Gasteiger partial charge on any atom is -0.396 e. The zero-order valence-corrected chi connectivity index (χ0v) is 12.0. The van der Waals surface area contributed by atoms with Gasteiger partial charge in [0.2, 0.25) is 10.0 Å². The SMILES string of the molecule is CC(NS(=O)(=O)c1ccc(CCO)cc1)C1CCC1. The van der Waals surface area contributed by atoms with E-state index < -0.39 is 10.0 Å². The summed E-state index contributed by atoms with van der Waals surface area (Å²) < 4.78 is 27.1. The summed E-state index contributed by atoms with van der Waals surface area (Å²) in [5.41, 5.74) is 0.938. The third kappa shape index (κ3) is 3.55. The molecule has 2 rings (SSSR count). The predicted octanol–water partition coefficient (Wildman–Crippen LogP) is 1.69. The first kappa shape index (κ1) is 14.5. The average molecular weight is 283 g/mol. The van der Waals surface area contributed by atoms with Crippen LogP contribution in [0.5, 0.6) is 0 Å². The summed E-state index contributed by atoms with van der Waals surface area (Å²) in [6, 6.07) is 6.69. The Morgan fingerprint density at radius 1 is 1.32 bits per heavy atom. The van der Waals surface area contributed by atoms with Gasteiger partial charge in [-0.25, -0.2) is 13.1 Å². The number of benzene rings is 1. The van der Waals surface area contributed by atoms with E-state index in [1.54, 1.807) is 24.3 Å². The second-order valence-electron chi connectivity index (χ2n) is 5.22. The van der Waals surface area contributed by atoms with Crippen LogP contribution in [0, 0.1) is 5.92 Å². The molecular weight excluding hydrogens is 262 g/mol. The largest absolute Gasteiger partial charge is 0.396 e. The molecule has 0 aliphatic heterocycles. The predicted molar refractivity (Wildman–Crippen MR) is 74.4 cm³/mol. The van der Waals surface area contributed by atoms with Gasteiger partial charge in [-0.05, 0) is 49.8 Å². The molecule has 106 valence electrons. The van der Waals surface area contributed by atoms with Gasteiger partial charge in [-0.15, -0.1) is 0 Å². The summed E-state index contributed by atoms with van der Waals surface area (Å²) in [5, 5.41) is 8.83. The molecule has 19 heavy (non-hydrogen) atoms. The summed E-state index contributed by atoms with van der Waals surface area (Å²) in [5.74, 6) is 0.475. The molecule has 2 N–H and O–H groups in total. The first-order valence-corrected chi connectivity index (χ1v) is 8.23. The minimum absolute atomic E-state index is 0.00383. The zero-order valence-electron chi connectivity index (χ0n) is 11.2. The van der Waals surface area contributed by atoms with E-state index >= 15 is 0 Å². The van der Waals surface area contributed by atoms with Gasteiger partial charge < -0.3 is 5.11 Å². The van der Waals surface area contributed by atoms with Crippen LogP contribution >= 0.6 is 0 Å². The van der Waals surface area contributed by atoms with E-state index in [0.29, 0.717) is 17.2 Å². The van der Waals surface area contributed by atoms with Crippen molar-refractivity contribution in [1.29, 1.82) is 0 Å². The first-order valence-electron chi connectivity index (χ1n) is 6.75. The molecule has 5 heteroatoms. The van der Waals surface area contributed by atoms with Crippen LogP contribution in [0.4, 0.5) is 0 Å². The molecule has 0 heterocycles. The molecule has 4 nitrogen and oxygen atoms in total. The summed E-state index contributed by atoms with van der Waals surface area (Å²) in [6.07, 6.45) is 3.97. The fourth-order valence-electron chi connectivity index (χ4n) is 2.31. The Labute approximate surface area is 114 Å². The van der Waals surface area contributed by atoms with E-state index in [1.165, 1.54) is 6.42 Å². The molecule has 1 saturated carbocycles. The lowest BCUT2D eigenvalue weighted by atomic mass is 9.81. The van der Waals surface area contributed by atoms with E-state index in [4.69, 9.17) is 5.11 Å². The van der Waals surface area contributed by atoms with Gasteiger partial charge in [0.1, 0.15) is 0 Å². The summed E-state index contributed by atoms with van der Waals surface area (Å²) in [6.45, 7) is 2.00. The number of nitrogens with one attached hydrogen (secondary N) is 1. The second kappa shape index (κ2) is 6.03. The highest BCUT2D eigenvalue weighted by molar-refractivity contribution is 7.89. The van der Waals surface area contributed by atoms with E-state index in [-0.39, 0.29) is 12.6 Å². The normalized spacial score (nSPS) is 18.0. The molecule has 0 saturated heterocycles. The highest BCUT2D eigenvalue weighted by atomic mass is 32.2. The molecule has 0 radical (unpaired) electrons. The molecule has 1 atom stereocenters. The van der Waals surface area contributed by atoms with Crippen LogP contribution in [0.2, 0.25) is 0 Å². The molecule has 1 fully saturated rings. The fourth-order valence-corrected chi connectivity index (χ4v) is 3.63. The van der Waals surface area contributed by atoms with E-state index in [2.05, 4.69) is 4.72 Å². The molecule has 1 unspecified atom stereocenters. The van der Waals surface area contributed by atoms with E-state index in [9.17, 15) is 8.42 Å². The molecule has 0 aromatic heterocycles. The Balaban J connectivity index is 2.05. The molecule has 1 aliphatic carbocycles. The number of aliphatic hydroxyl groups excluding tert-OH is 1. The van der Waals surface area contributed by atoms with Gasteiger partial charge in [-0.1, -0.05) is 18.6 Å². The van der Waals surface area contributed by atoms with Crippen LogP contribution in [0.3, 0.4) is 0 Å². The van der Waals surface area contributed by atoms with Crippen molar-refractivity contribution < 1.29 is 13.5 Å². The Morgan fingerprint density at radius 2 is 1.95 bits per heavy atom. The molecule has 0 bridgehead atoms. The number of aliphatic hydroxyl groups is 1. The Hall–Kier alpha value is -0.910. The average Bonchev–Trinajstić information content (AvgIpc) is 2.27. The van der Waals surface area contributed by atoms with Crippen molar-refractivity contribution in [3.05, 3.63) is 29.8 Å². The van der Waals surface area contributed by atoms with Gasteiger partial charge in [0.15, 0.2) is 0 Å². The van der Waals surface area contributed by atoms with Crippen molar-refractivity contribution >= 4 is 10.0 Å². The molecule has 1 aliphatic rings. The van der Waals surface area contributed by atoms with Crippen molar-refractivity contribution in [2.45, 2.75) is 43.5 Å². The quantitative estimate of drug-likeness (QED) is 0.835. The standard InChI is InChI=1S/C14H21NO3S/c1-11(13-3-2-4-13)15-19(17,18)14-7-5-12(6-8-14)9-10-16/h5-8,11,13,15-16H,2-4,9-10H2,1H3. The number of sulfonamides is 1. The minimum atomic E-state index is -3.42. The third-order valence-corrected chi connectivity index (χ3v) is 5.41. The molecule has 1 aromatic carbocycles. The van der Waals surface area contributed by atoms with Gasteiger partial charge in [0.25, 0.3) is 0 Å². The zero-order chi connectivity index (χ0) is 13.9. The van der Waals surface area contributed by atoms with Crippen molar-refractivity contribution in [2.24, 2.45) is 5.92 Å².